The molecule has 2 saturated heterocycles. The second kappa shape index (κ2) is 9.24. The van der Waals surface area contributed by atoms with Gasteiger partial charge in [-0.3, -0.25) is 24.1 Å². The summed E-state index contributed by atoms with van der Waals surface area (Å²) in [4.78, 5) is 59.0. The van der Waals surface area contributed by atoms with Crippen molar-refractivity contribution in [3.63, 3.8) is 0 Å². The van der Waals surface area contributed by atoms with Crippen LogP contribution < -0.4 is 9.80 Å². The van der Waals surface area contributed by atoms with Crippen molar-refractivity contribution < 1.29 is 24.3 Å². The molecule has 4 aliphatic rings. The van der Waals surface area contributed by atoms with Gasteiger partial charge in [0.15, 0.2) is 0 Å². The Hall–Kier alpha value is -4.52. The number of aromatic hydroxyl groups is 1. The highest BCUT2D eigenvalue weighted by molar-refractivity contribution is 6.25. The van der Waals surface area contributed by atoms with Crippen molar-refractivity contribution in [1.82, 2.24) is 0 Å². The summed E-state index contributed by atoms with van der Waals surface area (Å²) in [5.41, 5.74) is 3.10. The summed E-state index contributed by atoms with van der Waals surface area (Å²) in [6, 6.07) is 21.8. The Labute approximate surface area is 244 Å². The minimum atomic E-state index is -1.11. The summed E-state index contributed by atoms with van der Waals surface area (Å²) >= 11 is 0. The highest BCUT2D eigenvalue weighted by atomic mass is 16.3. The van der Waals surface area contributed by atoms with E-state index in [0.29, 0.717) is 35.3 Å². The minimum absolute atomic E-state index is 0.195. The van der Waals surface area contributed by atoms with Gasteiger partial charge in [0.1, 0.15) is 5.75 Å². The van der Waals surface area contributed by atoms with Gasteiger partial charge in [0.05, 0.1) is 34.5 Å². The monoisotopic (exact) mass is 560 g/mol. The third kappa shape index (κ3) is 3.46. The maximum absolute atomic E-state index is 14.4. The Morgan fingerprint density at radius 3 is 1.93 bits per heavy atom. The number of benzene rings is 3. The van der Waals surface area contributed by atoms with Crippen molar-refractivity contribution in [3.05, 3.63) is 101 Å². The molecule has 0 bridgehead atoms. The quantitative estimate of drug-likeness (QED) is 0.340. The molecule has 212 valence electrons. The lowest BCUT2D eigenvalue weighted by Gasteiger charge is -2.49. The zero-order valence-corrected chi connectivity index (χ0v) is 23.8. The van der Waals surface area contributed by atoms with Gasteiger partial charge in [-0.15, -0.1) is 0 Å². The third-order valence-electron chi connectivity index (χ3n) is 10.2. The third-order valence-corrected chi connectivity index (χ3v) is 10.2. The first-order valence-corrected chi connectivity index (χ1v) is 14.5. The van der Waals surface area contributed by atoms with Crippen LogP contribution >= 0.6 is 0 Å². The molecule has 0 radical (unpaired) electrons. The first kappa shape index (κ1) is 26.4. The van der Waals surface area contributed by atoms with Gasteiger partial charge in [0.25, 0.3) is 0 Å². The van der Waals surface area contributed by atoms with E-state index in [4.69, 9.17) is 0 Å². The van der Waals surface area contributed by atoms with E-state index in [0.717, 1.165) is 11.1 Å². The smallest absolute Gasteiger partial charge is 0.241 e. The van der Waals surface area contributed by atoms with Gasteiger partial charge in [-0.05, 0) is 80.5 Å². The average Bonchev–Trinajstić information content (AvgIpc) is 3.36. The molecular formula is C35H32N2O5. The Morgan fingerprint density at radius 2 is 1.33 bits per heavy atom. The van der Waals surface area contributed by atoms with E-state index < -0.39 is 29.1 Å². The van der Waals surface area contributed by atoms with Gasteiger partial charge in [-0.25, -0.2) is 4.90 Å². The number of amides is 4. The molecule has 7 heteroatoms. The second-order valence-corrected chi connectivity index (χ2v) is 12.3. The summed E-state index contributed by atoms with van der Waals surface area (Å²) in [7, 11) is 0. The summed E-state index contributed by atoms with van der Waals surface area (Å²) in [6.45, 7) is 5.53. The fourth-order valence-electron chi connectivity index (χ4n) is 8.21. The lowest BCUT2D eigenvalue weighted by atomic mass is 9.51. The van der Waals surface area contributed by atoms with Crippen molar-refractivity contribution in [2.45, 2.75) is 39.5 Å². The van der Waals surface area contributed by atoms with Gasteiger partial charge < -0.3 is 5.11 Å². The van der Waals surface area contributed by atoms with Crippen molar-refractivity contribution in [1.29, 1.82) is 0 Å². The number of anilines is 2. The highest BCUT2D eigenvalue weighted by Crippen LogP contribution is 2.64. The van der Waals surface area contributed by atoms with E-state index in [1.807, 2.05) is 45.0 Å². The Bertz CT molecular complexity index is 1670. The first-order valence-electron chi connectivity index (χ1n) is 14.5. The van der Waals surface area contributed by atoms with Crippen LogP contribution in [-0.4, -0.2) is 28.7 Å². The van der Waals surface area contributed by atoms with E-state index in [1.165, 1.54) is 9.80 Å². The number of carbonyl (C=O) groups is 4. The number of carbonyl (C=O) groups excluding carboxylic acids is 4. The molecule has 0 spiro atoms. The van der Waals surface area contributed by atoms with Crippen molar-refractivity contribution >= 4 is 35.0 Å². The van der Waals surface area contributed by atoms with E-state index in [-0.39, 0.29) is 35.3 Å². The molecular weight excluding hydrogens is 528 g/mol. The fourth-order valence-corrected chi connectivity index (χ4v) is 8.21. The molecule has 3 aromatic carbocycles. The van der Waals surface area contributed by atoms with Crippen LogP contribution in [0.3, 0.4) is 0 Å². The Morgan fingerprint density at radius 1 is 0.762 bits per heavy atom. The number of phenolic OH excluding ortho intramolecular Hbond substituents is 1. The van der Waals surface area contributed by atoms with E-state index in [9.17, 15) is 24.3 Å². The average molecular weight is 561 g/mol. The molecule has 3 fully saturated rings. The van der Waals surface area contributed by atoms with Crippen molar-refractivity contribution in [2.75, 3.05) is 9.80 Å². The highest BCUT2D eigenvalue weighted by Gasteiger charge is 2.67. The summed E-state index contributed by atoms with van der Waals surface area (Å²) in [5, 5.41) is 10.6. The molecule has 7 nitrogen and oxygen atoms in total. The number of rotatable bonds is 3. The lowest BCUT2D eigenvalue weighted by Crippen LogP contribution is -2.49. The number of hydrogen-bond donors (Lipinski definition) is 1. The number of para-hydroxylation sites is 2. The number of imide groups is 2. The molecule has 2 aliphatic heterocycles. The molecule has 0 aromatic heterocycles. The zero-order chi connectivity index (χ0) is 29.5. The Balaban J connectivity index is 1.39. The van der Waals surface area contributed by atoms with Gasteiger partial charge in [-0.1, -0.05) is 60.2 Å². The van der Waals surface area contributed by atoms with Crippen LogP contribution in [0.4, 0.5) is 11.4 Å². The minimum Gasteiger partial charge on any atom is -0.507 e. The van der Waals surface area contributed by atoms with Crippen LogP contribution in [0.25, 0.3) is 0 Å². The van der Waals surface area contributed by atoms with Crippen LogP contribution in [0.2, 0.25) is 0 Å². The van der Waals surface area contributed by atoms with Crippen LogP contribution in [0.15, 0.2) is 84.4 Å². The Kier molecular flexibility index (Phi) is 5.81. The topological polar surface area (TPSA) is 95.0 Å². The van der Waals surface area contributed by atoms with Gasteiger partial charge in [0, 0.05) is 5.92 Å². The van der Waals surface area contributed by atoms with E-state index >= 15 is 0 Å². The largest absolute Gasteiger partial charge is 0.507 e. The predicted molar refractivity (Wildman–Crippen MR) is 158 cm³/mol. The van der Waals surface area contributed by atoms with Crippen LogP contribution in [0.1, 0.15) is 42.4 Å². The molecule has 1 saturated carbocycles. The zero-order valence-electron chi connectivity index (χ0n) is 23.8. The normalized spacial score (nSPS) is 30.3. The van der Waals surface area contributed by atoms with Crippen molar-refractivity contribution in [2.24, 2.45) is 29.1 Å². The SMILES string of the molecule is Cc1cc(C2C3=CCC4C(=O)N(c5ccccc5)C(=O)C4C3CC3C(=O)N(c4ccccc4)C(=O)C32C)cc(C)c1O. The maximum Gasteiger partial charge on any atom is 0.241 e. The standard InChI is InChI=1S/C35H32N2O5/c1-19-16-21(17-20(2)30(19)38)29-24-14-15-25-28(33(41)36(31(25)39)22-10-6-4-7-11-22)26(24)18-27-32(40)37(34(42)35(27,29)3)23-12-8-5-9-13-23/h4-14,16-17,25-29,38H,15,18H2,1-3H3. The molecule has 4 amide bonds. The summed E-state index contributed by atoms with van der Waals surface area (Å²) in [5.74, 6) is -3.49. The summed E-state index contributed by atoms with van der Waals surface area (Å²) in [6.07, 6.45) is 2.76. The number of fused-ring (bicyclic) bond motifs is 4. The number of allylic oxidation sites excluding steroid dienone is 2. The number of aryl methyl sites for hydroxylation is 2. The molecule has 42 heavy (non-hydrogen) atoms. The molecule has 6 unspecified atom stereocenters. The maximum atomic E-state index is 14.4. The van der Waals surface area contributed by atoms with Crippen LogP contribution in [0, 0.1) is 42.9 Å². The molecule has 1 N–H and O–H groups in total. The number of phenols is 1. The van der Waals surface area contributed by atoms with Crippen molar-refractivity contribution in [3.8, 4) is 5.75 Å². The molecule has 6 atom stereocenters. The van der Waals surface area contributed by atoms with E-state index in [2.05, 4.69) is 6.08 Å². The number of nitrogens with zero attached hydrogens (tertiary/aromatic N) is 2. The lowest BCUT2D eigenvalue weighted by molar-refractivity contribution is -0.131. The fraction of sp³-hybridized carbons (Fsp3) is 0.314. The van der Waals surface area contributed by atoms with Crippen LogP contribution in [-0.2, 0) is 19.2 Å². The predicted octanol–water partition coefficient (Wildman–Crippen LogP) is 5.44. The number of hydrogen-bond acceptors (Lipinski definition) is 5. The van der Waals surface area contributed by atoms with E-state index in [1.54, 1.807) is 48.5 Å². The molecule has 2 aliphatic carbocycles. The van der Waals surface area contributed by atoms with Gasteiger partial charge >= 0.3 is 0 Å². The first-order chi connectivity index (χ1) is 20.1. The molecule has 3 aromatic rings. The van der Waals surface area contributed by atoms with Gasteiger partial charge in [0.2, 0.25) is 23.6 Å². The van der Waals surface area contributed by atoms with Gasteiger partial charge in [-0.2, -0.15) is 0 Å². The van der Waals surface area contributed by atoms with Crippen LogP contribution in [0.5, 0.6) is 5.75 Å². The summed E-state index contributed by atoms with van der Waals surface area (Å²) < 4.78 is 0. The second-order valence-electron chi connectivity index (χ2n) is 12.3. The molecule has 2 heterocycles. The molecule has 7 rings (SSSR count).